The van der Waals surface area contributed by atoms with Gasteiger partial charge in [0.15, 0.2) is 5.60 Å². The number of amides is 1. The van der Waals surface area contributed by atoms with Crippen LogP contribution in [-0.4, -0.2) is 24.1 Å². The van der Waals surface area contributed by atoms with Crippen molar-refractivity contribution >= 4 is 23.5 Å². The van der Waals surface area contributed by atoms with Crippen LogP contribution in [0.5, 0.6) is 5.75 Å². The molecule has 0 aliphatic rings. The van der Waals surface area contributed by atoms with E-state index >= 15 is 0 Å². The number of rotatable bonds is 9. The molecule has 2 rings (SSSR count). The van der Waals surface area contributed by atoms with Gasteiger partial charge in [0.2, 0.25) is 5.91 Å². The Labute approximate surface area is 177 Å². The Balaban J connectivity index is 2.17. The summed E-state index contributed by atoms with van der Waals surface area (Å²) in [6.45, 7) is 7.22. The third kappa shape index (κ3) is 6.79. The van der Waals surface area contributed by atoms with Gasteiger partial charge >= 0.3 is 5.97 Å². The molecule has 1 unspecified atom stereocenters. The maximum Gasteiger partial charge on any atom is 0.349 e. The third-order valence-electron chi connectivity index (χ3n) is 4.43. The number of hydrogen-bond donors (Lipinski definition) is 1. The van der Waals surface area contributed by atoms with Crippen LogP contribution in [0, 0.1) is 0 Å². The van der Waals surface area contributed by atoms with Gasteiger partial charge in [-0.15, -0.1) is 0 Å². The van der Waals surface area contributed by atoms with Crippen molar-refractivity contribution in [2.24, 2.45) is 0 Å². The van der Waals surface area contributed by atoms with E-state index in [2.05, 4.69) is 5.32 Å². The standard InChI is InChI=1S/C23H28ClNO4/c1-5-21(26)25-20(15-16-7-11-18(24)12-8-16)17-9-13-19(14-10-17)29-23(3,4)22(27)28-6-2/h7-14,20H,5-6,15H2,1-4H3,(H,25,26). The van der Waals surface area contributed by atoms with Crippen LogP contribution in [0.2, 0.25) is 5.02 Å². The fourth-order valence-electron chi connectivity index (χ4n) is 2.81. The van der Waals surface area contributed by atoms with Crippen molar-refractivity contribution in [3.8, 4) is 5.75 Å². The Morgan fingerprint density at radius 2 is 1.66 bits per heavy atom. The Morgan fingerprint density at radius 1 is 1.03 bits per heavy atom. The summed E-state index contributed by atoms with van der Waals surface area (Å²) in [6.07, 6.45) is 1.05. The molecule has 2 aromatic rings. The molecule has 6 heteroatoms. The lowest BCUT2D eigenvalue weighted by Gasteiger charge is -2.25. The van der Waals surface area contributed by atoms with Gasteiger partial charge in [0.1, 0.15) is 5.75 Å². The van der Waals surface area contributed by atoms with E-state index < -0.39 is 11.6 Å². The molecule has 1 amide bonds. The average Bonchev–Trinajstić information content (AvgIpc) is 2.69. The first-order valence-corrected chi connectivity index (χ1v) is 10.1. The fraction of sp³-hybridized carbons (Fsp3) is 0.391. The van der Waals surface area contributed by atoms with Crippen LogP contribution in [0.15, 0.2) is 48.5 Å². The second-order valence-corrected chi connectivity index (χ2v) is 7.64. The highest BCUT2D eigenvalue weighted by Gasteiger charge is 2.31. The van der Waals surface area contributed by atoms with Gasteiger partial charge < -0.3 is 14.8 Å². The van der Waals surface area contributed by atoms with Gasteiger partial charge in [0.05, 0.1) is 12.6 Å². The molecule has 0 spiro atoms. The zero-order valence-electron chi connectivity index (χ0n) is 17.3. The first-order chi connectivity index (χ1) is 13.7. The van der Waals surface area contributed by atoms with Crippen LogP contribution in [0.4, 0.5) is 0 Å². The van der Waals surface area contributed by atoms with Gasteiger partial charge in [0, 0.05) is 11.4 Å². The van der Waals surface area contributed by atoms with Crippen LogP contribution in [-0.2, 0) is 20.7 Å². The van der Waals surface area contributed by atoms with Crippen LogP contribution in [0.3, 0.4) is 0 Å². The summed E-state index contributed by atoms with van der Waals surface area (Å²) in [5.41, 5.74) is 0.930. The average molecular weight is 418 g/mol. The molecule has 29 heavy (non-hydrogen) atoms. The van der Waals surface area contributed by atoms with E-state index in [0.29, 0.717) is 30.2 Å². The van der Waals surface area contributed by atoms with Gasteiger partial charge in [-0.25, -0.2) is 4.79 Å². The number of benzene rings is 2. The highest BCUT2D eigenvalue weighted by atomic mass is 35.5. The molecule has 0 aliphatic carbocycles. The minimum absolute atomic E-state index is 0.0206. The van der Waals surface area contributed by atoms with Crippen molar-refractivity contribution < 1.29 is 19.1 Å². The summed E-state index contributed by atoms with van der Waals surface area (Å²) in [4.78, 5) is 24.0. The summed E-state index contributed by atoms with van der Waals surface area (Å²) in [7, 11) is 0. The van der Waals surface area contributed by atoms with Crippen LogP contribution >= 0.6 is 11.6 Å². The van der Waals surface area contributed by atoms with E-state index in [1.807, 2.05) is 43.3 Å². The van der Waals surface area contributed by atoms with Gasteiger partial charge in [-0.1, -0.05) is 42.8 Å². The first-order valence-electron chi connectivity index (χ1n) is 9.75. The molecule has 0 saturated carbocycles. The summed E-state index contributed by atoms with van der Waals surface area (Å²) < 4.78 is 10.9. The number of carbonyl (C=O) groups excluding carboxylic acids is 2. The first kappa shape index (κ1) is 22.8. The quantitative estimate of drug-likeness (QED) is 0.591. The van der Waals surface area contributed by atoms with Crippen molar-refractivity contribution in [1.82, 2.24) is 5.32 Å². The lowest BCUT2D eigenvalue weighted by molar-refractivity contribution is -0.158. The molecular formula is C23H28ClNO4. The lowest BCUT2D eigenvalue weighted by Crippen LogP contribution is -2.39. The van der Waals surface area contributed by atoms with Crippen molar-refractivity contribution in [2.75, 3.05) is 6.61 Å². The zero-order chi connectivity index (χ0) is 21.4. The van der Waals surface area contributed by atoms with E-state index in [0.717, 1.165) is 11.1 Å². The fourth-order valence-corrected chi connectivity index (χ4v) is 2.94. The van der Waals surface area contributed by atoms with E-state index in [1.54, 1.807) is 32.9 Å². The molecule has 0 bridgehead atoms. The summed E-state index contributed by atoms with van der Waals surface area (Å²) in [5.74, 6) is 0.117. The van der Waals surface area contributed by atoms with E-state index in [4.69, 9.17) is 21.1 Å². The minimum Gasteiger partial charge on any atom is -0.476 e. The van der Waals surface area contributed by atoms with Gasteiger partial charge in [0.25, 0.3) is 0 Å². The van der Waals surface area contributed by atoms with Crippen LogP contribution in [0.25, 0.3) is 0 Å². The maximum absolute atomic E-state index is 12.0. The minimum atomic E-state index is -1.09. The molecule has 156 valence electrons. The molecule has 0 saturated heterocycles. The van der Waals surface area contributed by atoms with Gasteiger partial charge in [-0.3, -0.25) is 4.79 Å². The molecule has 0 heterocycles. The summed E-state index contributed by atoms with van der Waals surface area (Å²) in [5, 5.41) is 3.74. The molecule has 0 aliphatic heterocycles. The summed E-state index contributed by atoms with van der Waals surface area (Å²) in [6, 6.07) is 14.8. The Morgan fingerprint density at radius 3 is 2.21 bits per heavy atom. The van der Waals surface area contributed by atoms with E-state index in [-0.39, 0.29) is 11.9 Å². The second kappa shape index (κ2) is 10.3. The number of carbonyl (C=O) groups is 2. The SMILES string of the molecule is CCOC(=O)C(C)(C)Oc1ccc(C(Cc2ccc(Cl)cc2)NC(=O)CC)cc1. The molecule has 1 atom stereocenters. The monoisotopic (exact) mass is 417 g/mol. The largest absolute Gasteiger partial charge is 0.476 e. The molecular weight excluding hydrogens is 390 g/mol. The number of hydrogen-bond acceptors (Lipinski definition) is 4. The van der Waals surface area contributed by atoms with Crippen molar-refractivity contribution in [2.45, 2.75) is 52.2 Å². The molecule has 0 aromatic heterocycles. The predicted molar refractivity (Wildman–Crippen MR) is 114 cm³/mol. The topological polar surface area (TPSA) is 64.6 Å². The van der Waals surface area contributed by atoms with Crippen LogP contribution < -0.4 is 10.1 Å². The zero-order valence-corrected chi connectivity index (χ0v) is 18.1. The normalized spacial score (nSPS) is 12.2. The highest BCUT2D eigenvalue weighted by Crippen LogP contribution is 2.25. The van der Waals surface area contributed by atoms with E-state index in [1.165, 1.54) is 0 Å². The smallest absolute Gasteiger partial charge is 0.349 e. The number of nitrogens with one attached hydrogen (secondary N) is 1. The maximum atomic E-state index is 12.0. The molecule has 0 radical (unpaired) electrons. The Bertz CT molecular complexity index is 816. The number of halogens is 1. The van der Waals surface area contributed by atoms with Crippen molar-refractivity contribution in [3.63, 3.8) is 0 Å². The Kier molecular flexibility index (Phi) is 8.09. The van der Waals surface area contributed by atoms with Gasteiger partial charge in [-0.2, -0.15) is 0 Å². The predicted octanol–water partition coefficient (Wildman–Crippen LogP) is 4.87. The highest BCUT2D eigenvalue weighted by molar-refractivity contribution is 6.30. The second-order valence-electron chi connectivity index (χ2n) is 7.21. The molecule has 2 aromatic carbocycles. The summed E-state index contributed by atoms with van der Waals surface area (Å²) >= 11 is 5.97. The third-order valence-corrected chi connectivity index (χ3v) is 4.68. The number of ether oxygens (including phenoxy) is 2. The van der Waals surface area contributed by atoms with Crippen molar-refractivity contribution in [1.29, 1.82) is 0 Å². The van der Waals surface area contributed by atoms with E-state index in [9.17, 15) is 9.59 Å². The number of esters is 1. The van der Waals surface area contributed by atoms with Gasteiger partial charge in [-0.05, 0) is 62.6 Å². The molecule has 1 N–H and O–H groups in total. The van der Waals surface area contributed by atoms with Crippen LogP contribution in [0.1, 0.15) is 51.3 Å². The molecule has 5 nitrogen and oxygen atoms in total. The van der Waals surface area contributed by atoms with Crippen molar-refractivity contribution in [3.05, 3.63) is 64.7 Å². The molecule has 0 fully saturated rings. The Hall–Kier alpha value is -2.53. The lowest BCUT2D eigenvalue weighted by atomic mass is 9.98.